The molecule has 124 valence electrons. The van der Waals surface area contributed by atoms with E-state index in [-0.39, 0.29) is 22.3 Å². The van der Waals surface area contributed by atoms with Gasteiger partial charge in [-0.25, -0.2) is 13.4 Å². The Hall–Kier alpha value is -2.00. The van der Waals surface area contributed by atoms with Crippen molar-refractivity contribution in [2.24, 2.45) is 0 Å². The largest absolute Gasteiger partial charge is 0.371 e. The number of nitrogens with one attached hydrogen (secondary N) is 1. The lowest BCUT2D eigenvalue weighted by Crippen LogP contribution is -2.09. The third kappa shape index (κ3) is 4.05. The first-order valence-electron chi connectivity index (χ1n) is 6.92. The topological polar surface area (TPSA) is 102 Å². The fraction of sp³-hybridized carbons (Fsp3) is 0.357. The van der Waals surface area contributed by atoms with Gasteiger partial charge in [-0.15, -0.1) is 11.3 Å². The lowest BCUT2D eigenvalue weighted by Gasteiger charge is -2.13. The van der Waals surface area contributed by atoms with Crippen LogP contribution in [-0.4, -0.2) is 24.6 Å². The van der Waals surface area contributed by atoms with E-state index in [0.717, 1.165) is 28.6 Å². The Balaban J connectivity index is 2.33. The van der Waals surface area contributed by atoms with Gasteiger partial charge in [-0.2, -0.15) is 0 Å². The second kappa shape index (κ2) is 6.63. The molecule has 1 atom stereocenters. The van der Waals surface area contributed by atoms with E-state index in [1.165, 1.54) is 12.1 Å². The summed E-state index contributed by atoms with van der Waals surface area (Å²) in [6, 6.07) is 3.63. The quantitative estimate of drug-likeness (QED) is 0.630. The number of benzene rings is 1. The molecule has 2 rings (SSSR count). The molecule has 1 aromatic carbocycles. The maximum Gasteiger partial charge on any atom is 0.293 e. The average molecular weight is 355 g/mol. The molecule has 2 aromatic rings. The van der Waals surface area contributed by atoms with Crippen LogP contribution in [0.3, 0.4) is 0 Å². The third-order valence-corrected chi connectivity index (χ3v) is 5.69. The molecule has 0 amide bonds. The SMILES string of the molecule is CCc1cnc(C(C)Nc2ccc(S(C)(=O)=O)cc2[N+](=O)[O-])s1. The molecule has 0 saturated heterocycles. The summed E-state index contributed by atoms with van der Waals surface area (Å²) in [5, 5.41) is 15.1. The first kappa shape index (κ1) is 17.4. The van der Waals surface area contributed by atoms with Crippen molar-refractivity contribution in [1.82, 2.24) is 4.98 Å². The first-order chi connectivity index (χ1) is 10.7. The lowest BCUT2D eigenvalue weighted by atomic mass is 10.2. The maximum atomic E-state index is 11.5. The van der Waals surface area contributed by atoms with Crippen LogP contribution >= 0.6 is 11.3 Å². The van der Waals surface area contributed by atoms with Crippen LogP contribution in [-0.2, 0) is 16.3 Å². The Labute approximate surface area is 138 Å². The summed E-state index contributed by atoms with van der Waals surface area (Å²) in [5.41, 5.74) is -0.00445. The fourth-order valence-corrected chi connectivity index (χ4v) is 3.50. The number of aryl methyl sites for hydroxylation is 1. The number of nitro benzene ring substituents is 1. The Morgan fingerprint density at radius 2 is 2.13 bits per heavy atom. The van der Waals surface area contributed by atoms with Crippen molar-refractivity contribution in [3.8, 4) is 0 Å². The van der Waals surface area contributed by atoms with Gasteiger partial charge in [0.15, 0.2) is 9.84 Å². The van der Waals surface area contributed by atoms with Gasteiger partial charge in [-0.1, -0.05) is 6.92 Å². The number of nitrogens with zero attached hydrogens (tertiary/aromatic N) is 2. The average Bonchev–Trinajstić information content (AvgIpc) is 2.95. The molecule has 0 saturated carbocycles. The number of thiazole rings is 1. The molecule has 0 aliphatic rings. The smallest absolute Gasteiger partial charge is 0.293 e. The Morgan fingerprint density at radius 1 is 1.43 bits per heavy atom. The summed E-state index contributed by atoms with van der Waals surface area (Å²) in [6.07, 6.45) is 3.69. The molecule has 0 aliphatic carbocycles. The summed E-state index contributed by atoms with van der Waals surface area (Å²) >= 11 is 1.54. The summed E-state index contributed by atoms with van der Waals surface area (Å²) < 4.78 is 23.1. The molecule has 0 fully saturated rings. The van der Waals surface area contributed by atoms with E-state index in [0.29, 0.717) is 0 Å². The van der Waals surface area contributed by atoms with Crippen molar-refractivity contribution in [1.29, 1.82) is 0 Å². The maximum absolute atomic E-state index is 11.5. The molecule has 1 aromatic heterocycles. The highest BCUT2D eigenvalue weighted by molar-refractivity contribution is 7.90. The number of sulfone groups is 1. The van der Waals surface area contributed by atoms with Crippen LogP contribution in [0.25, 0.3) is 0 Å². The van der Waals surface area contributed by atoms with E-state index in [9.17, 15) is 18.5 Å². The summed E-state index contributed by atoms with van der Waals surface area (Å²) in [6.45, 7) is 3.89. The lowest BCUT2D eigenvalue weighted by molar-refractivity contribution is -0.384. The minimum absolute atomic E-state index is 0.0788. The van der Waals surface area contributed by atoms with Crippen LogP contribution in [0, 0.1) is 10.1 Å². The van der Waals surface area contributed by atoms with Gasteiger partial charge in [0.2, 0.25) is 0 Å². The summed E-state index contributed by atoms with van der Waals surface area (Å²) in [4.78, 5) is 16.0. The number of rotatable bonds is 6. The molecule has 23 heavy (non-hydrogen) atoms. The van der Waals surface area contributed by atoms with Crippen LogP contribution < -0.4 is 5.32 Å². The monoisotopic (exact) mass is 355 g/mol. The molecule has 7 nitrogen and oxygen atoms in total. The minimum atomic E-state index is -3.50. The van der Waals surface area contributed by atoms with Gasteiger partial charge < -0.3 is 5.32 Å². The molecular weight excluding hydrogens is 338 g/mol. The third-order valence-electron chi connectivity index (χ3n) is 3.26. The van der Waals surface area contributed by atoms with Gasteiger partial charge in [0.25, 0.3) is 5.69 Å². The molecular formula is C14H17N3O4S2. The van der Waals surface area contributed by atoms with E-state index in [1.807, 2.05) is 13.8 Å². The van der Waals surface area contributed by atoms with Gasteiger partial charge in [0, 0.05) is 23.4 Å². The van der Waals surface area contributed by atoms with Gasteiger partial charge >= 0.3 is 0 Å². The molecule has 0 bridgehead atoms. The Morgan fingerprint density at radius 3 is 2.65 bits per heavy atom. The van der Waals surface area contributed by atoms with Gasteiger partial charge in [-0.05, 0) is 25.5 Å². The normalized spacial score (nSPS) is 12.8. The van der Waals surface area contributed by atoms with Crippen LogP contribution in [0.15, 0.2) is 29.3 Å². The molecule has 1 unspecified atom stereocenters. The number of hydrogen-bond donors (Lipinski definition) is 1. The second-order valence-electron chi connectivity index (χ2n) is 5.09. The van der Waals surface area contributed by atoms with E-state index in [4.69, 9.17) is 0 Å². The number of hydrogen-bond acceptors (Lipinski definition) is 7. The predicted molar refractivity (Wildman–Crippen MR) is 89.7 cm³/mol. The zero-order valence-electron chi connectivity index (χ0n) is 12.9. The highest BCUT2D eigenvalue weighted by Gasteiger charge is 2.21. The van der Waals surface area contributed by atoms with E-state index in [1.54, 1.807) is 17.5 Å². The summed E-state index contributed by atoms with van der Waals surface area (Å²) in [5.74, 6) is 0. The van der Waals surface area contributed by atoms with E-state index < -0.39 is 14.8 Å². The van der Waals surface area contributed by atoms with Crippen LogP contribution in [0.2, 0.25) is 0 Å². The number of nitro groups is 1. The van der Waals surface area contributed by atoms with Crippen molar-refractivity contribution in [2.45, 2.75) is 31.2 Å². The number of aromatic nitrogens is 1. The van der Waals surface area contributed by atoms with Gasteiger partial charge in [0.05, 0.1) is 15.9 Å². The molecule has 1 N–H and O–H groups in total. The zero-order chi connectivity index (χ0) is 17.2. The fourth-order valence-electron chi connectivity index (χ4n) is 2.00. The van der Waals surface area contributed by atoms with Crippen molar-refractivity contribution in [3.05, 3.63) is 44.4 Å². The summed E-state index contributed by atoms with van der Waals surface area (Å²) in [7, 11) is -3.50. The van der Waals surface area contributed by atoms with Crippen molar-refractivity contribution >= 4 is 32.5 Å². The first-order valence-corrected chi connectivity index (χ1v) is 9.62. The van der Waals surface area contributed by atoms with Crippen LogP contribution in [0.5, 0.6) is 0 Å². The zero-order valence-corrected chi connectivity index (χ0v) is 14.6. The minimum Gasteiger partial charge on any atom is -0.371 e. The van der Waals surface area contributed by atoms with E-state index in [2.05, 4.69) is 10.3 Å². The highest BCUT2D eigenvalue weighted by atomic mass is 32.2. The second-order valence-corrected chi connectivity index (χ2v) is 8.26. The predicted octanol–water partition coefficient (Wildman–Crippen LogP) is 3.19. The Kier molecular flexibility index (Phi) is 5.00. The Bertz CT molecular complexity index is 830. The van der Waals surface area contributed by atoms with E-state index >= 15 is 0 Å². The molecule has 0 radical (unpaired) electrons. The standard InChI is InChI=1S/C14H17N3O4S2/c1-4-10-8-15-14(22-10)9(2)16-12-6-5-11(23(3,20)21)7-13(12)17(18)19/h5-9,16H,4H2,1-3H3. The molecule has 0 spiro atoms. The van der Waals surface area contributed by atoms with Gasteiger partial charge in [-0.3, -0.25) is 10.1 Å². The van der Waals surface area contributed by atoms with Crippen LogP contribution in [0.1, 0.15) is 29.8 Å². The van der Waals surface area contributed by atoms with Gasteiger partial charge in [0.1, 0.15) is 10.7 Å². The van der Waals surface area contributed by atoms with Crippen molar-refractivity contribution in [2.75, 3.05) is 11.6 Å². The molecule has 9 heteroatoms. The van der Waals surface area contributed by atoms with Crippen molar-refractivity contribution < 1.29 is 13.3 Å². The van der Waals surface area contributed by atoms with Crippen molar-refractivity contribution in [3.63, 3.8) is 0 Å². The number of anilines is 1. The highest BCUT2D eigenvalue weighted by Crippen LogP contribution is 2.31. The molecule has 0 aliphatic heterocycles. The van der Waals surface area contributed by atoms with Crippen LogP contribution in [0.4, 0.5) is 11.4 Å². The molecule has 1 heterocycles.